The molecule has 1 saturated heterocycles. The first-order valence-electron chi connectivity index (χ1n) is 12.5. The quantitative estimate of drug-likeness (QED) is 0.333. The molecule has 5 rings (SSSR count). The number of amides is 1. The summed E-state index contributed by atoms with van der Waals surface area (Å²) in [7, 11) is 0.756. The van der Waals surface area contributed by atoms with E-state index in [1.807, 2.05) is 24.3 Å². The first-order chi connectivity index (χ1) is 18.8. The van der Waals surface area contributed by atoms with Crippen LogP contribution >= 0.6 is 0 Å². The topological polar surface area (TPSA) is 123 Å². The number of imidazole rings is 1. The summed E-state index contributed by atoms with van der Waals surface area (Å²) in [5.74, 6) is 1.77. The van der Waals surface area contributed by atoms with E-state index in [0.29, 0.717) is 54.4 Å². The predicted octanol–water partition coefficient (Wildman–Crippen LogP) is 4.41. The van der Waals surface area contributed by atoms with E-state index in [1.165, 1.54) is 37.8 Å². The molecule has 1 fully saturated rings. The van der Waals surface area contributed by atoms with Crippen molar-refractivity contribution in [3.05, 3.63) is 72.1 Å². The number of carbonyl (C=O) groups is 1. The predicted molar refractivity (Wildman–Crippen MR) is 147 cm³/mol. The van der Waals surface area contributed by atoms with Crippen LogP contribution in [0.3, 0.4) is 0 Å². The lowest BCUT2D eigenvalue weighted by Gasteiger charge is -2.30. The van der Waals surface area contributed by atoms with Gasteiger partial charge in [0, 0.05) is 30.3 Å². The average molecular weight is 551 g/mol. The van der Waals surface area contributed by atoms with Crippen molar-refractivity contribution in [2.24, 2.45) is 0 Å². The van der Waals surface area contributed by atoms with Crippen molar-refractivity contribution in [2.75, 3.05) is 39.7 Å². The minimum atomic E-state index is -3.67. The highest BCUT2D eigenvalue weighted by Gasteiger charge is 2.31. The summed E-state index contributed by atoms with van der Waals surface area (Å²) in [4.78, 5) is 21.1. The Bertz CT molecular complexity index is 1530. The summed E-state index contributed by atoms with van der Waals surface area (Å²) in [6.07, 6.45) is 1.37. The number of ether oxygens (including phenoxy) is 3. The second-order valence-corrected chi connectivity index (χ2v) is 11.1. The Hall–Kier alpha value is -4.09. The van der Waals surface area contributed by atoms with E-state index in [0.717, 1.165) is 16.9 Å². The van der Waals surface area contributed by atoms with Crippen LogP contribution < -0.4 is 19.5 Å². The molecule has 0 saturated carbocycles. The molecule has 1 aliphatic rings. The zero-order valence-corrected chi connectivity index (χ0v) is 22.7. The number of carbonyl (C=O) groups excluding carboxylic acids is 1. The fraction of sp³-hybridized carbons (Fsp3) is 0.286. The van der Waals surface area contributed by atoms with Crippen LogP contribution in [0, 0.1) is 0 Å². The van der Waals surface area contributed by atoms with E-state index in [2.05, 4.69) is 15.3 Å². The first kappa shape index (κ1) is 26.5. The Kier molecular flexibility index (Phi) is 7.45. The van der Waals surface area contributed by atoms with Gasteiger partial charge in [0.15, 0.2) is 11.5 Å². The van der Waals surface area contributed by atoms with Crippen molar-refractivity contribution in [3.8, 4) is 17.2 Å². The minimum Gasteiger partial charge on any atom is -0.493 e. The summed E-state index contributed by atoms with van der Waals surface area (Å²) in [6.45, 7) is 0.813. The molecule has 3 aromatic carbocycles. The third-order valence-corrected chi connectivity index (χ3v) is 8.84. The first-order valence-corrected chi connectivity index (χ1v) is 13.9. The average Bonchev–Trinajstić information content (AvgIpc) is 3.41. The summed E-state index contributed by atoms with van der Waals surface area (Å²) in [5.41, 5.74) is 2.66. The van der Waals surface area contributed by atoms with E-state index in [-0.39, 0.29) is 10.8 Å². The molecule has 1 aromatic heterocycles. The van der Waals surface area contributed by atoms with Crippen LogP contribution in [0.4, 0.5) is 5.69 Å². The highest BCUT2D eigenvalue weighted by Crippen LogP contribution is 2.38. The van der Waals surface area contributed by atoms with E-state index >= 15 is 0 Å². The number of methoxy groups -OCH3 is 3. The molecule has 0 unspecified atom stereocenters. The SMILES string of the molecule is COc1cc(C(=O)Nc2ccc(S(=O)(=O)N3CCC(c4nc5ccccc5[nH]4)CC3)cc2)cc(OC)c1OC. The number of hydrogen-bond donors (Lipinski definition) is 2. The molecule has 0 atom stereocenters. The van der Waals surface area contributed by atoms with Gasteiger partial charge in [0.05, 0.1) is 37.3 Å². The van der Waals surface area contributed by atoms with E-state index in [4.69, 9.17) is 14.2 Å². The third kappa shape index (κ3) is 5.27. The molecule has 204 valence electrons. The molecule has 0 aliphatic carbocycles. The Labute approximate surface area is 227 Å². The molecule has 0 spiro atoms. The number of aromatic nitrogens is 2. The Balaban J connectivity index is 1.24. The number of anilines is 1. The van der Waals surface area contributed by atoms with Crippen LogP contribution in [-0.2, 0) is 10.0 Å². The van der Waals surface area contributed by atoms with Gasteiger partial charge in [-0.2, -0.15) is 4.31 Å². The van der Waals surface area contributed by atoms with Crippen LogP contribution in [-0.4, -0.2) is 63.0 Å². The summed E-state index contributed by atoms with van der Waals surface area (Å²) >= 11 is 0. The highest BCUT2D eigenvalue weighted by atomic mass is 32.2. The maximum atomic E-state index is 13.3. The fourth-order valence-electron chi connectivity index (χ4n) is 4.81. The number of H-pyrrole nitrogens is 1. The number of piperidine rings is 1. The van der Waals surface area contributed by atoms with Crippen molar-refractivity contribution in [3.63, 3.8) is 0 Å². The van der Waals surface area contributed by atoms with Gasteiger partial charge in [-0.05, 0) is 61.4 Å². The molecular formula is C28H30N4O6S. The zero-order valence-electron chi connectivity index (χ0n) is 21.9. The zero-order chi connectivity index (χ0) is 27.6. The number of sulfonamides is 1. The van der Waals surface area contributed by atoms with Crippen LogP contribution in [0.25, 0.3) is 11.0 Å². The van der Waals surface area contributed by atoms with Crippen molar-refractivity contribution < 1.29 is 27.4 Å². The molecule has 0 bridgehead atoms. The van der Waals surface area contributed by atoms with Crippen molar-refractivity contribution in [1.82, 2.24) is 14.3 Å². The fourth-order valence-corrected chi connectivity index (χ4v) is 6.28. The standard InChI is InChI=1S/C28H30N4O6S/c1-36-24-16-19(17-25(37-2)26(24)38-3)28(33)29-20-8-10-21(11-9-20)39(34,35)32-14-12-18(13-15-32)27-30-22-6-4-5-7-23(22)31-27/h4-11,16-18H,12-15H2,1-3H3,(H,29,33)(H,30,31). The van der Waals surface area contributed by atoms with Gasteiger partial charge < -0.3 is 24.5 Å². The maximum Gasteiger partial charge on any atom is 0.255 e. The summed E-state index contributed by atoms with van der Waals surface area (Å²) in [6, 6.07) is 17.1. The van der Waals surface area contributed by atoms with Crippen LogP contribution in [0.2, 0.25) is 0 Å². The van der Waals surface area contributed by atoms with E-state index < -0.39 is 15.9 Å². The number of aromatic amines is 1. The number of hydrogen-bond acceptors (Lipinski definition) is 7. The molecule has 0 radical (unpaired) electrons. The Morgan fingerprint density at radius 2 is 1.59 bits per heavy atom. The van der Waals surface area contributed by atoms with Crippen molar-refractivity contribution in [1.29, 1.82) is 0 Å². The third-order valence-electron chi connectivity index (χ3n) is 6.93. The Morgan fingerprint density at radius 3 is 2.18 bits per heavy atom. The molecule has 2 heterocycles. The lowest BCUT2D eigenvalue weighted by Crippen LogP contribution is -2.38. The summed E-state index contributed by atoms with van der Waals surface area (Å²) < 4.78 is 44.0. The lowest BCUT2D eigenvalue weighted by molar-refractivity contribution is 0.102. The number of para-hydroxylation sites is 2. The van der Waals surface area contributed by atoms with Gasteiger partial charge in [-0.15, -0.1) is 0 Å². The van der Waals surface area contributed by atoms with E-state index in [9.17, 15) is 13.2 Å². The molecule has 1 amide bonds. The van der Waals surface area contributed by atoms with Crippen LogP contribution in [0.1, 0.15) is 34.9 Å². The molecule has 4 aromatic rings. The van der Waals surface area contributed by atoms with Crippen molar-refractivity contribution >= 4 is 32.7 Å². The van der Waals surface area contributed by atoms with Gasteiger partial charge in [-0.25, -0.2) is 13.4 Å². The van der Waals surface area contributed by atoms with Gasteiger partial charge in [0.1, 0.15) is 5.82 Å². The molecule has 1 aliphatic heterocycles. The van der Waals surface area contributed by atoms with Gasteiger partial charge in [0.2, 0.25) is 15.8 Å². The lowest BCUT2D eigenvalue weighted by atomic mass is 9.97. The van der Waals surface area contributed by atoms with Gasteiger partial charge >= 0.3 is 0 Å². The number of nitrogens with one attached hydrogen (secondary N) is 2. The second kappa shape index (κ2) is 11.0. The molecule has 11 heteroatoms. The highest BCUT2D eigenvalue weighted by molar-refractivity contribution is 7.89. The van der Waals surface area contributed by atoms with Gasteiger partial charge in [-0.1, -0.05) is 12.1 Å². The smallest absolute Gasteiger partial charge is 0.255 e. The Morgan fingerprint density at radius 1 is 0.949 bits per heavy atom. The molecular weight excluding hydrogens is 520 g/mol. The monoisotopic (exact) mass is 550 g/mol. The normalized spacial score (nSPS) is 14.7. The summed E-state index contributed by atoms with van der Waals surface area (Å²) in [5, 5.41) is 2.78. The molecule has 2 N–H and O–H groups in total. The molecule has 39 heavy (non-hydrogen) atoms. The maximum absolute atomic E-state index is 13.3. The second-order valence-electron chi connectivity index (χ2n) is 9.21. The van der Waals surface area contributed by atoms with Gasteiger partial charge in [-0.3, -0.25) is 4.79 Å². The van der Waals surface area contributed by atoms with Crippen LogP contribution in [0.5, 0.6) is 17.2 Å². The van der Waals surface area contributed by atoms with Crippen molar-refractivity contribution in [2.45, 2.75) is 23.7 Å². The number of fused-ring (bicyclic) bond motifs is 1. The van der Waals surface area contributed by atoms with E-state index in [1.54, 1.807) is 24.3 Å². The van der Waals surface area contributed by atoms with Gasteiger partial charge in [0.25, 0.3) is 5.91 Å². The number of benzene rings is 3. The number of rotatable bonds is 8. The van der Waals surface area contributed by atoms with Crippen LogP contribution in [0.15, 0.2) is 65.6 Å². The number of nitrogens with zero attached hydrogens (tertiary/aromatic N) is 2. The molecule has 10 nitrogen and oxygen atoms in total. The largest absolute Gasteiger partial charge is 0.493 e. The minimum absolute atomic E-state index is 0.176.